The van der Waals surface area contributed by atoms with Gasteiger partial charge in [0, 0.05) is 23.6 Å². The highest BCUT2D eigenvalue weighted by atomic mass is 16.5. The van der Waals surface area contributed by atoms with Gasteiger partial charge in [-0.05, 0) is 27.0 Å². The van der Waals surface area contributed by atoms with Crippen LogP contribution in [0.25, 0.3) is 11.5 Å². The first-order valence-corrected chi connectivity index (χ1v) is 8.29. The second-order valence-corrected chi connectivity index (χ2v) is 6.15. The third kappa shape index (κ3) is 3.83. The molecule has 3 rings (SSSR count). The quantitative estimate of drug-likeness (QED) is 0.699. The molecule has 128 valence electrons. The van der Waals surface area contributed by atoms with Crippen molar-refractivity contribution >= 4 is 5.78 Å². The van der Waals surface area contributed by atoms with Gasteiger partial charge in [0.25, 0.3) is 5.89 Å². The fourth-order valence-electron chi connectivity index (χ4n) is 2.55. The summed E-state index contributed by atoms with van der Waals surface area (Å²) in [6.45, 7) is 4.04. The molecule has 0 saturated heterocycles. The summed E-state index contributed by atoms with van der Waals surface area (Å²) in [7, 11) is 1.89. The second-order valence-electron chi connectivity index (χ2n) is 6.15. The van der Waals surface area contributed by atoms with E-state index >= 15 is 0 Å². The normalized spacial score (nSPS) is 12.1. The summed E-state index contributed by atoms with van der Waals surface area (Å²) in [4.78, 5) is 17.3. The molecular weight excluding hydrogens is 314 g/mol. The Kier molecular flexibility index (Phi) is 5.05. The van der Waals surface area contributed by atoms with Crippen LogP contribution in [0, 0.1) is 6.92 Å². The summed E-state index contributed by atoms with van der Waals surface area (Å²) in [5.74, 6) is 0.933. The summed E-state index contributed by atoms with van der Waals surface area (Å²) < 4.78 is 5.40. The van der Waals surface area contributed by atoms with E-state index in [1.54, 1.807) is 6.07 Å². The van der Waals surface area contributed by atoms with E-state index in [1.807, 2.05) is 63.4 Å². The predicted octanol–water partition coefficient (Wildman–Crippen LogP) is 3.43. The number of aromatic nitrogens is 2. The van der Waals surface area contributed by atoms with Crippen LogP contribution < -0.4 is 5.32 Å². The summed E-state index contributed by atoms with van der Waals surface area (Å²) in [6.07, 6.45) is 0.661. The van der Waals surface area contributed by atoms with Gasteiger partial charge < -0.3 is 9.84 Å². The third-order valence-electron chi connectivity index (χ3n) is 4.17. The molecule has 0 spiro atoms. The van der Waals surface area contributed by atoms with Crippen LogP contribution in [-0.4, -0.2) is 29.0 Å². The van der Waals surface area contributed by atoms with Gasteiger partial charge in [-0.3, -0.25) is 4.79 Å². The first-order valence-electron chi connectivity index (χ1n) is 8.29. The van der Waals surface area contributed by atoms with Crippen molar-refractivity contribution in [3.8, 4) is 11.5 Å². The van der Waals surface area contributed by atoms with E-state index in [9.17, 15) is 4.79 Å². The van der Waals surface area contributed by atoms with Gasteiger partial charge in [-0.25, -0.2) is 0 Å². The lowest BCUT2D eigenvalue weighted by Crippen LogP contribution is -2.24. The van der Waals surface area contributed by atoms with Crippen LogP contribution in [0.5, 0.6) is 0 Å². The molecule has 1 N–H and O–H groups in total. The van der Waals surface area contributed by atoms with Gasteiger partial charge in [0.15, 0.2) is 11.6 Å². The molecule has 0 aliphatic heterocycles. The van der Waals surface area contributed by atoms with Gasteiger partial charge in [0.2, 0.25) is 0 Å². The van der Waals surface area contributed by atoms with E-state index in [0.717, 1.165) is 5.56 Å². The predicted molar refractivity (Wildman–Crippen MR) is 96.6 cm³/mol. The first kappa shape index (κ1) is 17.0. The number of carbonyl (C=O) groups excluding carboxylic acids is 1. The molecule has 5 heteroatoms. The zero-order chi connectivity index (χ0) is 17.8. The number of rotatable bonds is 6. The molecule has 0 amide bonds. The average molecular weight is 335 g/mol. The zero-order valence-corrected chi connectivity index (χ0v) is 14.6. The number of ketones is 1. The molecule has 1 unspecified atom stereocenters. The molecule has 1 heterocycles. The van der Waals surface area contributed by atoms with Crippen molar-refractivity contribution in [3.63, 3.8) is 0 Å². The molecule has 25 heavy (non-hydrogen) atoms. The largest absolute Gasteiger partial charge is 0.334 e. The summed E-state index contributed by atoms with van der Waals surface area (Å²) in [5, 5.41) is 7.17. The van der Waals surface area contributed by atoms with Crippen LogP contribution >= 0.6 is 0 Å². The molecule has 0 bridgehead atoms. The second kappa shape index (κ2) is 7.40. The van der Waals surface area contributed by atoms with E-state index in [-0.39, 0.29) is 11.8 Å². The zero-order valence-electron chi connectivity index (χ0n) is 14.6. The fraction of sp³-hybridized carbons (Fsp3) is 0.250. The highest BCUT2D eigenvalue weighted by Gasteiger charge is 2.19. The number of carbonyl (C=O) groups is 1. The van der Waals surface area contributed by atoms with E-state index in [0.29, 0.717) is 34.8 Å². The Morgan fingerprint density at radius 3 is 2.60 bits per heavy atom. The fourth-order valence-corrected chi connectivity index (χ4v) is 2.55. The number of nitrogens with zero attached hydrogens (tertiary/aromatic N) is 2. The van der Waals surface area contributed by atoms with Crippen LogP contribution in [0.3, 0.4) is 0 Å². The molecule has 0 fully saturated rings. The lowest BCUT2D eigenvalue weighted by Gasteiger charge is -2.06. The molecule has 1 aromatic heterocycles. The maximum Gasteiger partial charge on any atom is 0.258 e. The van der Waals surface area contributed by atoms with Gasteiger partial charge in [-0.1, -0.05) is 53.2 Å². The van der Waals surface area contributed by atoms with Crippen molar-refractivity contribution in [1.82, 2.24) is 15.5 Å². The van der Waals surface area contributed by atoms with Crippen LogP contribution in [0.4, 0.5) is 0 Å². The van der Waals surface area contributed by atoms with Crippen molar-refractivity contribution in [1.29, 1.82) is 0 Å². The summed E-state index contributed by atoms with van der Waals surface area (Å²) >= 11 is 0. The third-order valence-corrected chi connectivity index (χ3v) is 4.17. The monoisotopic (exact) mass is 335 g/mol. The van der Waals surface area contributed by atoms with Crippen LogP contribution in [0.15, 0.2) is 53.1 Å². The minimum atomic E-state index is -0.0565. The van der Waals surface area contributed by atoms with Crippen LogP contribution in [0.1, 0.15) is 34.2 Å². The molecule has 2 aromatic carbocycles. The first-order chi connectivity index (χ1) is 12.1. The Bertz CT molecular complexity index is 869. The lowest BCUT2D eigenvalue weighted by atomic mass is 9.97. The smallest absolute Gasteiger partial charge is 0.258 e. The van der Waals surface area contributed by atoms with Crippen molar-refractivity contribution in [3.05, 3.63) is 71.0 Å². The molecule has 1 atom stereocenters. The highest BCUT2D eigenvalue weighted by Crippen LogP contribution is 2.24. The van der Waals surface area contributed by atoms with Crippen LogP contribution in [0.2, 0.25) is 0 Å². The summed E-state index contributed by atoms with van der Waals surface area (Å²) in [6, 6.07) is 15.1. The molecule has 0 radical (unpaired) electrons. The minimum absolute atomic E-state index is 0.0565. The molecular formula is C20H21N3O2. The minimum Gasteiger partial charge on any atom is -0.334 e. The maximum absolute atomic E-state index is 12.9. The summed E-state index contributed by atoms with van der Waals surface area (Å²) in [5.41, 5.74) is 2.97. The van der Waals surface area contributed by atoms with E-state index in [1.165, 1.54) is 0 Å². The Morgan fingerprint density at radius 1 is 1.16 bits per heavy atom. The Morgan fingerprint density at radius 2 is 1.88 bits per heavy atom. The van der Waals surface area contributed by atoms with Crippen LogP contribution in [-0.2, 0) is 6.42 Å². The number of nitrogens with one attached hydrogen (secondary N) is 1. The number of aryl methyl sites for hydroxylation is 1. The van der Waals surface area contributed by atoms with Crippen molar-refractivity contribution in [2.75, 3.05) is 7.05 Å². The SMILES string of the molecule is CNC(C)Cc1noc(-c2ccccc2C(=O)c2ccc(C)cc2)n1. The van der Waals surface area contributed by atoms with Gasteiger partial charge in [-0.15, -0.1) is 0 Å². The van der Waals surface area contributed by atoms with Gasteiger partial charge in [0.1, 0.15) is 0 Å². The number of likely N-dealkylation sites (N-methyl/N-ethyl adjacent to an activating group) is 1. The lowest BCUT2D eigenvalue weighted by molar-refractivity contribution is 0.103. The van der Waals surface area contributed by atoms with Gasteiger partial charge in [0.05, 0.1) is 5.56 Å². The van der Waals surface area contributed by atoms with Crippen molar-refractivity contribution < 1.29 is 9.32 Å². The standard InChI is InChI=1S/C20H21N3O2/c1-13-8-10-15(11-9-13)19(24)16-6-4-5-7-17(16)20-22-18(23-25-20)12-14(2)21-3/h4-11,14,21H,12H2,1-3H3. The topological polar surface area (TPSA) is 68.0 Å². The van der Waals surface area contributed by atoms with Crippen molar-refractivity contribution in [2.24, 2.45) is 0 Å². The van der Waals surface area contributed by atoms with E-state index in [2.05, 4.69) is 15.5 Å². The number of benzene rings is 2. The van der Waals surface area contributed by atoms with Gasteiger partial charge in [-0.2, -0.15) is 4.98 Å². The van der Waals surface area contributed by atoms with E-state index in [4.69, 9.17) is 4.52 Å². The Balaban J connectivity index is 1.93. The highest BCUT2D eigenvalue weighted by molar-refractivity contribution is 6.12. The Hall–Kier alpha value is -2.79. The molecule has 0 aliphatic carbocycles. The van der Waals surface area contributed by atoms with Crippen molar-refractivity contribution in [2.45, 2.75) is 26.3 Å². The number of hydrogen-bond acceptors (Lipinski definition) is 5. The molecule has 0 aliphatic rings. The molecule has 5 nitrogen and oxygen atoms in total. The molecule has 3 aromatic rings. The Labute approximate surface area is 147 Å². The van der Waals surface area contributed by atoms with E-state index < -0.39 is 0 Å². The maximum atomic E-state index is 12.9. The average Bonchev–Trinajstić information content (AvgIpc) is 3.10. The molecule has 0 saturated carbocycles. The van der Waals surface area contributed by atoms with Gasteiger partial charge >= 0.3 is 0 Å². The number of hydrogen-bond donors (Lipinski definition) is 1.